The van der Waals surface area contributed by atoms with Crippen LogP contribution in [0.4, 0.5) is 0 Å². The Kier molecular flexibility index (Phi) is 4.44. The number of H-pyrrole nitrogens is 1. The second kappa shape index (κ2) is 5.95. The number of halogens is 2. The molecule has 0 aliphatic rings. The molecule has 0 aliphatic heterocycles. The molecule has 0 spiro atoms. The van der Waals surface area contributed by atoms with Crippen LogP contribution in [0.1, 0.15) is 24.3 Å². The molecule has 0 saturated heterocycles. The second-order valence-electron chi connectivity index (χ2n) is 5.04. The number of aromatic amines is 1. The lowest BCUT2D eigenvalue weighted by Crippen LogP contribution is -2.44. The summed E-state index contributed by atoms with van der Waals surface area (Å²) in [5.74, 6) is -1.90. The molecule has 1 heterocycles. The van der Waals surface area contributed by atoms with Gasteiger partial charge in [-0.2, -0.15) is 0 Å². The van der Waals surface area contributed by atoms with Gasteiger partial charge in [-0.25, -0.2) is 4.79 Å². The van der Waals surface area contributed by atoms with E-state index in [2.05, 4.69) is 10.3 Å². The number of aliphatic carboxylic acids is 1. The van der Waals surface area contributed by atoms with Gasteiger partial charge in [0.15, 0.2) is 0 Å². The zero-order valence-corrected chi connectivity index (χ0v) is 12.9. The number of carboxylic acid groups (broad SMARTS) is 1. The lowest BCUT2D eigenvalue weighted by atomic mass is 10.0. The van der Waals surface area contributed by atoms with Crippen LogP contribution in [0.5, 0.6) is 0 Å². The van der Waals surface area contributed by atoms with Gasteiger partial charge in [-0.1, -0.05) is 37.0 Å². The van der Waals surface area contributed by atoms with Crippen molar-refractivity contribution >= 4 is 46.0 Å². The van der Waals surface area contributed by atoms with Gasteiger partial charge in [0.05, 0.1) is 5.02 Å². The molecule has 5 nitrogen and oxygen atoms in total. The van der Waals surface area contributed by atoms with Crippen LogP contribution in [0.15, 0.2) is 18.2 Å². The van der Waals surface area contributed by atoms with E-state index in [9.17, 15) is 9.59 Å². The number of nitrogens with one attached hydrogen (secondary N) is 2. The Hall–Kier alpha value is -1.72. The number of carbonyl (C=O) groups excluding carboxylic acids is 1. The van der Waals surface area contributed by atoms with Crippen molar-refractivity contribution in [3.63, 3.8) is 0 Å². The average Bonchev–Trinajstić information content (AvgIpc) is 2.72. The van der Waals surface area contributed by atoms with E-state index in [1.807, 2.05) is 0 Å². The zero-order chi connectivity index (χ0) is 15.7. The number of carboxylic acids is 1. The van der Waals surface area contributed by atoms with E-state index in [-0.39, 0.29) is 16.6 Å². The van der Waals surface area contributed by atoms with E-state index >= 15 is 0 Å². The van der Waals surface area contributed by atoms with E-state index in [0.717, 1.165) is 0 Å². The Morgan fingerprint density at radius 2 is 1.95 bits per heavy atom. The highest BCUT2D eigenvalue weighted by molar-refractivity contribution is 6.39. The highest BCUT2D eigenvalue weighted by Gasteiger charge is 2.26. The molecule has 0 unspecified atom stereocenters. The van der Waals surface area contributed by atoms with Crippen molar-refractivity contribution in [2.45, 2.75) is 19.9 Å². The maximum atomic E-state index is 12.2. The Bertz CT molecular complexity index is 710. The third kappa shape index (κ3) is 3.14. The molecule has 0 bridgehead atoms. The first-order valence-corrected chi connectivity index (χ1v) is 7.07. The number of hydrogen-bond acceptors (Lipinski definition) is 2. The third-order valence-corrected chi connectivity index (χ3v) is 3.77. The van der Waals surface area contributed by atoms with Gasteiger partial charge >= 0.3 is 5.97 Å². The average molecular weight is 329 g/mol. The molecule has 7 heteroatoms. The molecule has 1 aromatic carbocycles. The van der Waals surface area contributed by atoms with Crippen LogP contribution in [0, 0.1) is 5.92 Å². The number of aromatic nitrogens is 1. The van der Waals surface area contributed by atoms with Gasteiger partial charge in [0.1, 0.15) is 11.7 Å². The molecule has 1 atom stereocenters. The number of hydrogen-bond donors (Lipinski definition) is 3. The monoisotopic (exact) mass is 328 g/mol. The summed E-state index contributed by atoms with van der Waals surface area (Å²) >= 11 is 12.1. The molecule has 3 N–H and O–H groups in total. The number of rotatable bonds is 4. The molecule has 0 saturated carbocycles. The van der Waals surface area contributed by atoms with Crippen LogP contribution in [0.3, 0.4) is 0 Å². The van der Waals surface area contributed by atoms with Crippen molar-refractivity contribution in [2.75, 3.05) is 0 Å². The van der Waals surface area contributed by atoms with Crippen LogP contribution < -0.4 is 5.32 Å². The standard InChI is InChI=1S/C14H14Cl2N2O3/c1-6(2)11(14(20)21)18-13(19)12-10(16)8-5-7(15)3-4-9(8)17-12/h3-6,11,17H,1-2H3,(H,18,19)(H,20,21)/t11-/m0/s1. The molecule has 1 aromatic heterocycles. The number of fused-ring (bicyclic) bond motifs is 1. The van der Waals surface area contributed by atoms with Gasteiger partial charge in [0, 0.05) is 15.9 Å². The Morgan fingerprint density at radius 3 is 2.52 bits per heavy atom. The first-order chi connectivity index (χ1) is 9.81. The minimum atomic E-state index is -1.09. The summed E-state index contributed by atoms with van der Waals surface area (Å²) in [6.45, 7) is 3.43. The third-order valence-electron chi connectivity index (χ3n) is 3.14. The van der Waals surface area contributed by atoms with E-state index < -0.39 is 17.9 Å². The van der Waals surface area contributed by atoms with Crippen LogP contribution in [-0.4, -0.2) is 28.0 Å². The highest BCUT2D eigenvalue weighted by atomic mass is 35.5. The van der Waals surface area contributed by atoms with E-state index in [1.54, 1.807) is 32.0 Å². The van der Waals surface area contributed by atoms with Crippen molar-refractivity contribution in [1.29, 1.82) is 0 Å². The van der Waals surface area contributed by atoms with Crippen LogP contribution in [-0.2, 0) is 4.79 Å². The summed E-state index contributed by atoms with van der Waals surface area (Å²) in [6, 6.07) is 4.04. The molecule has 0 fully saturated rings. The quantitative estimate of drug-likeness (QED) is 0.805. The fourth-order valence-electron chi connectivity index (χ4n) is 2.01. The topological polar surface area (TPSA) is 82.2 Å². The number of carbonyl (C=O) groups is 2. The largest absolute Gasteiger partial charge is 0.480 e. The van der Waals surface area contributed by atoms with Crippen molar-refractivity contribution in [3.8, 4) is 0 Å². The second-order valence-corrected chi connectivity index (χ2v) is 5.85. The van der Waals surface area contributed by atoms with Gasteiger partial charge in [0.2, 0.25) is 0 Å². The first-order valence-electron chi connectivity index (χ1n) is 6.31. The van der Waals surface area contributed by atoms with Crippen molar-refractivity contribution in [3.05, 3.63) is 33.9 Å². The molecular formula is C14H14Cl2N2O3. The van der Waals surface area contributed by atoms with Crippen LogP contribution >= 0.6 is 23.2 Å². The van der Waals surface area contributed by atoms with E-state index in [1.165, 1.54) is 0 Å². The summed E-state index contributed by atoms with van der Waals surface area (Å²) in [5.41, 5.74) is 0.784. The van der Waals surface area contributed by atoms with Crippen LogP contribution in [0.25, 0.3) is 10.9 Å². The van der Waals surface area contributed by atoms with Gasteiger partial charge in [-0.3, -0.25) is 4.79 Å². The van der Waals surface area contributed by atoms with Crippen molar-refractivity contribution < 1.29 is 14.7 Å². The fraction of sp³-hybridized carbons (Fsp3) is 0.286. The van der Waals surface area contributed by atoms with Gasteiger partial charge < -0.3 is 15.4 Å². The summed E-state index contributed by atoms with van der Waals surface area (Å²) < 4.78 is 0. The Labute approximate surface area is 131 Å². The maximum absolute atomic E-state index is 12.2. The lowest BCUT2D eigenvalue weighted by molar-refractivity contribution is -0.140. The van der Waals surface area contributed by atoms with Crippen molar-refractivity contribution in [2.24, 2.45) is 5.92 Å². The molecule has 112 valence electrons. The van der Waals surface area contributed by atoms with Crippen molar-refractivity contribution in [1.82, 2.24) is 10.3 Å². The molecular weight excluding hydrogens is 315 g/mol. The molecule has 0 aliphatic carbocycles. The molecule has 1 amide bonds. The molecule has 0 radical (unpaired) electrons. The summed E-state index contributed by atoms with van der Waals surface area (Å²) in [5, 5.41) is 12.9. The maximum Gasteiger partial charge on any atom is 0.326 e. The summed E-state index contributed by atoms with van der Waals surface area (Å²) in [6.07, 6.45) is 0. The number of amides is 1. The van der Waals surface area contributed by atoms with Gasteiger partial charge in [-0.15, -0.1) is 0 Å². The minimum Gasteiger partial charge on any atom is -0.480 e. The van der Waals surface area contributed by atoms with E-state index in [0.29, 0.717) is 15.9 Å². The van der Waals surface area contributed by atoms with Crippen LogP contribution in [0.2, 0.25) is 10.0 Å². The SMILES string of the molecule is CC(C)[C@H](NC(=O)c1[nH]c2ccc(Cl)cc2c1Cl)C(=O)O. The smallest absolute Gasteiger partial charge is 0.326 e. The number of benzene rings is 1. The Morgan fingerprint density at radius 1 is 1.29 bits per heavy atom. The predicted octanol–water partition coefficient (Wildman–Crippen LogP) is 3.31. The normalized spacial score (nSPS) is 12.6. The highest BCUT2D eigenvalue weighted by Crippen LogP contribution is 2.29. The van der Waals surface area contributed by atoms with E-state index in [4.69, 9.17) is 28.3 Å². The molecule has 2 aromatic rings. The van der Waals surface area contributed by atoms with Gasteiger partial charge in [-0.05, 0) is 24.1 Å². The zero-order valence-electron chi connectivity index (χ0n) is 11.4. The minimum absolute atomic E-state index is 0.126. The summed E-state index contributed by atoms with van der Waals surface area (Å²) in [4.78, 5) is 26.2. The Balaban J connectivity index is 2.35. The van der Waals surface area contributed by atoms with Gasteiger partial charge in [0.25, 0.3) is 5.91 Å². The summed E-state index contributed by atoms with van der Waals surface area (Å²) in [7, 11) is 0. The first kappa shape index (κ1) is 15.7. The lowest BCUT2D eigenvalue weighted by Gasteiger charge is -2.17. The fourth-order valence-corrected chi connectivity index (χ4v) is 2.48. The molecule has 2 rings (SSSR count). The predicted molar refractivity (Wildman–Crippen MR) is 82.0 cm³/mol. The molecule has 21 heavy (non-hydrogen) atoms.